The lowest BCUT2D eigenvalue weighted by Crippen LogP contribution is -2.21. The zero-order valence-electron chi connectivity index (χ0n) is 13.6. The van der Waals surface area contributed by atoms with Gasteiger partial charge in [-0.15, -0.1) is 0 Å². The highest BCUT2D eigenvalue weighted by Gasteiger charge is 2.09. The summed E-state index contributed by atoms with van der Waals surface area (Å²) in [6.45, 7) is 0.561. The van der Waals surface area contributed by atoms with Crippen LogP contribution in [0.25, 0.3) is 10.8 Å². The normalized spacial score (nSPS) is 10.7. The van der Waals surface area contributed by atoms with Crippen LogP contribution in [-0.2, 0) is 6.54 Å². The second-order valence-corrected chi connectivity index (χ2v) is 5.69. The molecule has 2 aromatic carbocycles. The zero-order valence-corrected chi connectivity index (χ0v) is 13.6. The second kappa shape index (κ2) is 6.08. The fraction of sp³-hybridized carbons (Fsp3) is 0.235. The highest BCUT2D eigenvalue weighted by Crippen LogP contribution is 2.22. The number of nitrogens with zero attached hydrogens (tertiary/aromatic N) is 5. The summed E-state index contributed by atoms with van der Waals surface area (Å²) in [6.07, 6.45) is 0. The van der Waals surface area contributed by atoms with E-state index in [1.165, 1.54) is 10.8 Å². The van der Waals surface area contributed by atoms with Crippen LogP contribution in [0, 0.1) is 0 Å². The van der Waals surface area contributed by atoms with Gasteiger partial charge in [0, 0.05) is 26.8 Å². The Hall–Kier alpha value is -2.89. The lowest BCUT2D eigenvalue weighted by molar-refractivity contribution is 0.814. The van der Waals surface area contributed by atoms with E-state index in [2.05, 4.69) is 50.2 Å². The van der Waals surface area contributed by atoms with E-state index in [1.807, 2.05) is 38.2 Å². The standard InChI is InChI=1S/C17H20N6/c1-22(2)17-20-15(19-16(18)21-17)11-23(3)14-9-8-12-6-4-5-7-13(12)10-14/h4-10H,11H2,1-3H3,(H2,18,19,20,21). The fourth-order valence-electron chi connectivity index (χ4n) is 2.41. The third kappa shape index (κ3) is 3.31. The van der Waals surface area contributed by atoms with E-state index in [4.69, 9.17) is 5.73 Å². The van der Waals surface area contributed by atoms with E-state index in [9.17, 15) is 0 Å². The largest absolute Gasteiger partial charge is 0.368 e. The third-order valence-corrected chi connectivity index (χ3v) is 3.64. The summed E-state index contributed by atoms with van der Waals surface area (Å²) in [5.41, 5.74) is 6.88. The van der Waals surface area contributed by atoms with Gasteiger partial charge in [-0.3, -0.25) is 0 Å². The van der Waals surface area contributed by atoms with Crippen molar-refractivity contribution in [2.45, 2.75) is 6.54 Å². The van der Waals surface area contributed by atoms with Crippen molar-refractivity contribution in [3.8, 4) is 0 Å². The molecule has 1 heterocycles. The molecular formula is C17H20N6. The molecule has 0 bridgehead atoms. The van der Waals surface area contributed by atoms with Crippen molar-refractivity contribution >= 4 is 28.4 Å². The van der Waals surface area contributed by atoms with Crippen LogP contribution >= 0.6 is 0 Å². The van der Waals surface area contributed by atoms with E-state index in [1.54, 1.807) is 0 Å². The lowest BCUT2D eigenvalue weighted by Gasteiger charge is -2.20. The monoisotopic (exact) mass is 308 g/mol. The predicted molar refractivity (Wildman–Crippen MR) is 94.6 cm³/mol. The molecule has 0 aliphatic rings. The summed E-state index contributed by atoms with van der Waals surface area (Å²) >= 11 is 0. The molecule has 0 spiro atoms. The molecule has 0 amide bonds. The van der Waals surface area contributed by atoms with Crippen LogP contribution in [0.3, 0.4) is 0 Å². The van der Waals surface area contributed by atoms with Gasteiger partial charge in [0.1, 0.15) is 0 Å². The van der Waals surface area contributed by atoms with Crippen molar-refractivity contribution in [1.82, 2.24) is 15.0 Å². The molecule has 3 aromatic rings. The lowest BCUT2D eigenvalue weighted by atomic mass is 10.1. The minimum atomic E-state index is 0.241. The molecule has 3 rings (SSSR count). The van der Waals surface area contributed by atoms with Crippen LogP contribution in [-0.4, -0.2) is 36.1 Å². The minimum absolute atomic E-state index is 0.241. The van der Waals surface area contributed by atoms with E-state index >= 15 is 0 Å². The third-order valence-electron chi connectivity index (χ3n) is 3.64. The SMILES string of the molecule is CN(C)c1nc(N)nc(CN(C)c2ccc3ccccc3c2)n1. The number of rotatable bonds is 4. The highest BCUT2D eigenvalue weighted by atomic mass is 15.3. The van der Waals surface area contributed by atoms with Crippen molar-refractivity contribution in [1.29, 1.82) is 0 Å². The molecule has 0 saturated heterocycles. The summed E-state index contributed by atoms with van der Waals surface area (Å²) in [5, 5.41) is 2.44. The van der Waals surface area contributed by atoms with Crippen LogP contribution in [0.4, 0.5) is 17.6 Å². The number of fused-ring (bicyclic) bond motifs is 1. The van der Waals surface area contributed by atoms with Gasteiger partial charge in [0.15, 0.2) is 5.82 Å². The van der Waals surface area contributed by atoms with Gasteiger partial charge < -0.3 is 15.5 Å². The first kappa shape index (κ1) is 15.0. The summed E-state index contributed by atoms with van der Waals surface area (Å²) in [5.74, 6) is 1.46. The molecule has 0 atom stereocenters. The molecule has 6 nitrogen and oxygen atoms in total. The molecular weight excluding hydrogens is 288 g/mol. The first-order valence-corrected chi connectivity index (χ1v) is 7.40. The Morgan fingerprint density at radius 2 is 1.65 bits per heavy atom. The van der Waals surface area contributed by atoms with Crippen molar-refractivity contribution < 1.29 is 0 Å². The van der Waals surface area contributed by atoms with Crippen molar-refractivity contribution in [3.63, 3.8) is 0 Å². The molecule has 0 aliphatic carbocycles. The second-order valence-electron chi connectivity index (χ2n) is 5.69. The topological polar surface area (TPSA) is 71.2 Å². The van der Waals surface area contributed by atoms with Gasteiger partial charge in [0.05, 0.1) is 6.54 Å². The highest BCUT2D eigenvalue weighted by molar-refractivity contribution is 5.85. The Labute approximate surface area is 135 Å². The zero-order chi connectivity index (χ0) is 16.4. The smallest absolute Gasteiger partial charge is 0.229 e. The minimum Gasteiger partial charge on any atom is -0.368 e. The van der Waals surface area contributed by atoms with Crippen LogP contribution in [0.1, 0.15) is 5.82 Å². The number of anilines is 3. The molecule has 118 valence electrons. The Morgan fingerprint density at radius 1 is 0.913 bits per heavy atom. The maximum absolute atomic E-state index is 5.78. The van der Waals surface area contributed by atoms with Crippen molar-refractivity contribution in [2.75, 3.05) is 36.7 Å². The number of benzene rings is 2. The van der Waals surface area contributed by atoms with Crippen LogP contribution in [0.5, 0.6) is 0 Å². The summed E-state index contributed by atoms with van der Waals surface area (Å²) < 4.78 is 0. The summed E-state index contributed by atoms with van der Waals surface area (Å²) in [4.78, 5) is 16.7. The maximum atomic E-state index is 5.78. The van der Waals surface area contributed by atoms with Crippen molar-refractivity contribution in [2.24, 2.45) is 0 Å². The average molecular weight is 308 g/mol. The van der Waals surface area contributed by atoms with Gasteiger partial charge in [-0.1, -0.05) is 30.3 Å². The van der Waals surface area contributed by atoms with Crippen LogP contribution in [0.15, 0.2) is 42.5 Å². The Bertz CT molecular complexity index is 830. The number of hydrogen-bond acceptors (Lipinski definition) is 6. The molecule has 2 N–H and O–H groups in total. The van der Waals surface area contributed by atoms with Gasteiger partial charge >= 0.3 is 0 Å². The van der Waals surface area contributed by atoms with E-state index < -0.39 is 0 Å². The van der Waals surface area contributed by atoms with Crippen LogP contribution in [0.2, 0.25) is 0 Å². The van der Waals surface area contributed by atoms with Crippen molar-refractivity contribution in [3.05, 3.63) is 48.3 Å². The molecule has 23 heavy (non-hydrogen) atoms. The van der Waals surface area contributed by atoms with Gasteiger partial charge in [-0.2, -0.15) is 15.0 Å². The maximum Gasteiger partial charge on any atom is 0.229 e. The van der Waals surface area contributed by atoms with Crippen LogP contribution < -0.4 is 15.5 Å². The van der Waals surface area contributed by atoms with E-state index in [0.717, 1.165) is 5.69 Å². The van der Waals surface area contributed by atoms with Gasteiger partial charge in [0.25, 0.3) is 0 Å². The Balaban J connectivity index is 1.86. The van der Waals surface area contributed by atoms with E-state index in [-0.39, 0.29) is 5.95 Å². The fourth-order valence-corrected chi connectivity index (χ4v) is 2.41. The summed E-state index contributed by atoms with van der Waals surface area (Å²) in [6, 6.07) is 14.7. The molecule has 0 fully saturated rings. The first-order chi connectivity index (χ1) is 11.0. The summed E-state index contributed by atoms with van der Waals surface area (Å²) in [7, 11) is 5.77. The molecule has 6 heteroatoms. The first-order valence-electron chi connectivity index (χ1n) is 7.40. The number of hydrogen-bond donors (Lipinski definition) is 1. The average Bonchev–Trinajstić information content (AvgIpc) is 2.53. The Morgan fingerprint density at radius 3 is 2.39 bits per heavy atom. The number of nitrogens with two attached hydrogens (primary N) is 1. The molecule has 0 saturated carbocycles. The molecule has 0 radical (unpaired) electrons. The number of nitrogen functional groups attached to an aromatic ring is 1. The van der Waals surface area contributed by atoms with Gasteiger partial charge in [-0.05, 0) is 22.9 Å². The number of aromatic nitrogens is 3. The Kier molecular flexibility index (Phi) is 3.97. The van der Waals surface area contributed by atoms with Gasteiger partial charge in [0.2, 0.25) is 11.9 Å². The van der Waals surface area contributed by atoms with Gasteiger partial charge in [-0.25, -0.2) is 0 Å². The van der Waals surface area contributed by atoms with E-state index in [0.29, 0.717) is 18.3 Å². The molecule has 0 unspecified atom stereocenters. The molecule has 1 aromatic heterocycles. The molecule has 0 aliphatic heterocycles. The predicted octanol–water partition coefficient (Wildman–Crippen LogP) is 2.31. The quantitative estimate of drug-likeness (QED) is 0.797.